The molecule has 1 aromatic carbocycles. The molecule has 0 bridgehead atoms. The first-order chi connectivity index (χ1) is 7.74. The van der Waals surface area contributed by atoms with Crippen molar-refractivity contribution in [2.24, 2.45) is 5.92 Å². The minimum absolute atomic E-state index is 0.766. The zero-order valence-electron chi connectivity index (χ0n) is 10.2. The van der Waals surface area contributed by atoms with Gasteiger partial charge in [-0.25, -0.2) is 0 Å². The molecule has 1 rings (SSSR count). The van der Waals surface area contributed by atoms with Crippen molar-refractivity contribution in [1.29, 1.82) is 0 Å². The summed E-state index contributed by atoms with van der Waals surface area (Å²) < 4.78 is 0. The fraction of sp³-hybridized carbons (Fsp3) is 0.571. The van der Waals surface area contributed by atoms with E-state index < -0.39 is 0 Å². The first-order valence-electron chi connectivity index (χ1n) is 5.92. The zero-order valence-corrected chi connectivity index (χ0v) is 11.8. The van der Waals surface area contributed by atoms with Gasteiger partial charge in [0, 0.05) is 11.6 Å². The Morgan fingerprint density at radius 1 is 1.25 bits per heavy atom. The van der Waals surface area contributed by atoms with Gasteiger partial charge in [-0.15, -0.1) is 11.6 Å². The SMILES string of the molecule is Cc1ccccc1CSCCC(C)CCCl. The summed E-state index contributed by atoms with van der Waals surface area (Å²) in [6.07, 6.45) is 2.43. The highest BCUT2D eigenvalue weighted by Crippen LogP contribution is 2.19. The lowest BCUT2D eigenvalue weighted by atomic mass is 10.1. The summed E-state index contributed by atoms with van der Waals surface area (Å²) in [5, 5.41) is 0. The van der Waals surface area contributed by atoms with E-state index in [1.165, 1.54) is 23.3 Å². The molecule has 0 aromatic heterocycles. The topological polar surface area (TPSA) is 0 Å². The Morgan fingerprint density at radius 2 is 2.00 bits per heavy atom. The first-order valence-corrected chi connectivity index (χ1v) is 7.61. The second kappa shape index (κ2) is 8.03. The molecule has 0 heterocycles. The van der Waals surface area contributed by atoms with Crippen molar-refractivity contribution in [2.75, 3.05) is 11.6 Å². The second-order valence-corrected chi connectivity index (χ2v) is 5.83. The molecule has 1 atom stereocenters. The third kappa shape index (κ3) is 5.27. The van der Waals surface area contributed by atoms with Gasteiger partial charge in [0.15, 0.2) is 0 Å². The number of hydrogen-bond acceptors (Lipinski definition) is 1. The number of benzene rings is 1. The predicted octanol–water partition coefficient (Wildman–Crippen LogP) is 4.88. The highest BCUT2D eigenvalue weighted by atomic mass is 35.5. The molecule has 0 saturated carbocycles. The summed E-state index contributed by atoms with van der Waals surface area (Å²) in [4.78, 5) is 0. The molecule has 0 aliphatic heterocycles. The summed E-state index contributed by atoms with van der Waals surface area (Å²) >= 11 is 7.75. The summed E-state index contributed by atoms with van der Waals surface area (Å²) in [5.74, 6) is 3.94. The van der Waals surface area contributed by atoms with Crippen LogP contribution in [-0.2, 0) is 5.75 Å². The lowest BCUT2D eigenvalue weighted by Gasteiger charge is -2.09. The molecular weight excluding hydrogens is 236 g/mol. The van der Waals surface area contributed by atoms with Crippen LogP contribution >= 0.6 is 23.4 Å². The van der Waals surface area contributed by atoms with Crippen molar-refractivity contribution < 1.29 is 0 Å². The summed E-state index contributed by atoms with van der Waals surface area (Å²) in [7, 11) is 0. The molecule has 0 nitrogen and oxygen atoms in total. The molecular formula is C14H21ClS. The molecule has 90 valence electrons. The molecule has 0 aliphatic rings. The normalized spacial score (nSPS) is 12.7. The minimum Gasteiger partial charge on any atom is -0.157 e. The van der Waals surface area contributed by atoms with Gasteiger partial charge in [-0.05, 0) is 42.6 Å². The van der Waals surface area contributed by atoms with Gasteiger partial charge in [0.2, 0.25) is 0 Å². The maximum Gasteiger partial charge on any atom is 0.0225 e. The number of aryl methyl sites for hydroxylation is 1. The Balaban J connectivity index is 2.19. The van der Waals surface area contributed by atoms with Crippen LogP contribution in [0.5, 0.6) is 0 Å². The van der Waals surface area contributed by atoms with Crippen LogP contribution in [0.4, 0.5) is 0 Å². The summed E-state index contributed by atoms with van der Waals surface area (Å²) in [6, 6.07) is 8.64. The Bertz CT molecular complexity index is 299. The standard InChI is InChI=1S/C14H21ClS/c1-12(7-9-15)8-10-16-11-14-6-4-3-5-13(14)2/h3-6,12H,7-11H2,1-2H3. The second-order valence-electron chi connectivity index (χ2n) is 4.35. The lowest BCUT2D eigenvalue weighted by molar-refractivity contribution is 0.552. The van der Waals surface area contributed by atoms with Crippen molar-refractivity contribution in [3.63, 3.8) is 0 Å². The molecule has 0 aliphatic carbocycles. The molecule has 0 fully saturated rings. The van der Waals surface area contributed by atoms with Crippen LogP contribution in [0.3, 0.4) is 0 Å². The number of halogens is 1. The maximum atomic E-state index is 5.72. The van der Waals surface area contributed by atoms with Crippen LogP contribution in [0.15, 0.2) is 24.3 Å². The minimum atomic E-state index is 0.766. The van der Waals surface area contributed by atoms with E-state index in [2.05, 4.69) is 38.1 Å². The molecule has 1 unspecified atom stereocenters. The Kier molecular flexibility index (Phi) is 6.98. The number of hydrogen-bond donors (Lipinski definition) is 0. The third-order valence-corrected chi connectivity index (χ3v) is 4.13. The molecule has 1 aromatic rings. The molecule has 0 radical (unpaired) electrons. The van der Waals surface area contributed by atoms with E-state index >= 15 is 0 Å². The Hall–Kier alpha value is -0.140. The van der Waals surface area contributed by atoms with Crippen molar-refractivity contribution in [3.05, 3.63) is 35.4 Å². The van der Waals surface area contributed by atoms with Crippen molar-refractivity contribution >= 4 is 23.4 Å². The van der Waals surface area contributed by atoms with Crippen molar-refractivity contribution in [3.8, 4) is 0 Å². The van der Waals surface area contributed by atoms with E-state index in [0.717, 1.165) is 24.0 Å². The van der Waals surface area contributed by atoms with Crippen LogP contribution in [0.2, 0.25) is 0 Å². The molecule has 16 heavy (non-hydrogen) atoms. The van der Waals surface area contributed by atoms with Crippen LogP contribution in [0.25, 0.3) is 0 Å². The highest BCUT2D eigenvalue weighted by molar-refractivity contribution is 7.98. The molecule has 0 saturated heterocycles. The van der Waals surface area contributed by atoms with E-state index in [9.17, 15) is 0 Å². The smallest absolute Gasteiger partial charge is 0.0225 e. The quantitative estimate of drug-likeness (QED) is 0.495. The van der Waals surface area contributed by atoms with Crippen LogP contribution in [0, 0.1) is 12.8 Å². The molecule has 0 spiro atoms. The van der Waals surface area contributed by atoms with Crippen LogP contribution < -0.4 is 0 Å². The molecule has 0 N–H and O–H groups in total. The fourth-order valence-electron chi connectivity index (χ4n) is 1.57. The fourth-order valence-corrected chi connectivity index (χ4v) is 3.20. The van der Waals surface area contributed by atoms with Gasteiger partial charge < -0.3 is 0 Å². The van der Waals surface area contributed by atoms with Gasteiger partial charge >= 0.3 is 0 Å². The third-order valence-electron chi connectivity index (χ3n) is 2.88. The van der Waals surface area contributed by atoms with Gasteiger partial charge in [-0.1, -0.05) is 31.2 Å². The van der Waals surface area contributed by atoms with Gasteiger partial charge in [-0.3, -0.25) is 0 Å². The van der Waals surface area contributed by atoms with Crippen LogP contribution in [0.1, 0.15) is 30.9 Å². The zero-order chi connectivity index (χ0) is 11.8. The average Bonchev–Trinajstić information content (AvgIpc) is 2.27. The van der Waals surface area contributed by atoms with E-state index in [4.69, 9.17) is 11.6 Å². The van der Waals surface area contributed by atoms with Crippen LogP contribution in [-0.4, -0.2) is 11.6 Å². The predicted molar refractivity (Wildman–Crippen MR) is 76.5 cm³/mol. The largest absolute Gasteiger partial charge is 0.157 e. The summed E-state index contributed by atoms with van der Waals surface area (Å²) in [6.45, 7) is 4.47. The first kappa shape index (κ1) is 13.9. The number of rotatable bonds is 7. The van der Waals surface area contributed by atoms with Gasteiger partial charge in [-0.2, -0.15) is 11.8 Å². The maximum absolute atomic E-state index is 5.72. The molecule has 2 heteroatoms. The Morgan fingerprint density at radius 3 is 2.69 bits per heavy atom. The van der Waals surface area contributed by atoms with Crippen molar-refractivity contribution in [1.82, 2.24) is 0 Å². The van der Waals surface area contributed by atoms with Gasteiger partial charge in [0.05, 0.1) is 0 Å². The monoisotopic (exact) mass is 256 g/mol. The molecule has 0 amide bonds. The average molecular weight is 257 g/mol. The van der Waals surface area contributed by atoms with E-state index in [0.29, 0.717) is 0 Å². The van der Waals surface area contributed by atoms with Gasteiger partial charge in [0.25, 0.3) is 0 Å². The number of thioether (sulfide) groups is 1. The van der Waals surface area contributed by atoms with E-state index in [1.807, 2.05) is 11.8 Å². The van der Waals surface area contributed by atoms with E-state index in [-0.39, 0.29) is 0 Å². The summed E-state index contributed by atoms with van der Waals surface area (Å²) in [5.41, 5.74) is 2.88. The lowest BCUT2D eigenvalue weighted by Crippen LogP contribution is -1.97. The van der Waals surface area contributed by atoms with Gasteiger partial charge in [0.1, 0.15) is 0 Å². The number of alkyl halides is 1. The van der Waals surface area contributed by atoms with Crippen molar-refractivity contribution in [2.45, 2.75) is 32.4 Å². The Labute approximate surface area is 109 Å². The highest BCUT2D eigenvalue weighted by Gasteiger charge is 2.02. The van der Waals surface area contributed by atoms with E-state index in [1.54, 1.807) is 0 Å².